The smallest absolute Gasteiger partial charge is 0.0629 e. The van der Waals surface area contributed by atoms with E-state index in [1.807, 2.05) is 72.9 Å². The molecule has 0 spiro atoms. The van der Waals surface area contributed by atoms with Crippen LogP contribution in [0.3, 0.4) is 0 Å². The molecule has 0 aliphatic rings. The Morgan fingerprint density at radius 3 is 2.11 bits per heavy atom. The van der Waals surface area contributed by atoms with Gasteiger partial charge in [0.2, 0.25) is 0 Å². The van der Waals surface area contributed by atoms with Crippen molar-refractivity contribution in [1.82, 2.24) is 0 Å². The summed E-state index contributed by atoms with van der Waals surface area (Å²) in [5.41, 5.74) is 2.02. The maximum absolute atomic E-state index is 4.29. The van der Waals surface area contributed by atoms with Crippen LogP contribution in [0.2, 0.25) is 0 Å². The second-order valence-corrected chi connectivity index (χ2v) is 3.48. The molecule has 18 heavy (non-hydrogen) atoms. The van der Waals surface area contributed by atoms with Crippen LogP contribution in [0.1, 0.15) is 0 Å². The fraction of sp³-hybridized carbons (Fsp3) is 0. The van der Waals surface area contributed by atoms with E-state index in [2.05, 4.69) is 10.3 Å². The van der Waals surface area contributed by atoms with Gasteiger partial charge < -0.3 is 17.7 Å². The minimum atomic E-state index is 0. The Balaban J connectivity index is 0.00000162. The molecule has 0 heterocycles. The van der Waals surface area contributed by atoms with Crippen molar-refractivity contribution in [1.29, 1.82) is 0 Å². The number of para-hydroxylation sites is 2. The van der Waals surface area contributed by atoms with Gasteiger partial charge in [-0.1, -0.05) is 36.4 Å². The van der Waals surface area contributed by atoms with Crippen LogP contribution in [-0.4, -0.2) is 6.21 Å². The van der Waals surface area contributed by atoms with Crippen LogP contribution in [0.4, 0.5) is 11.4 Å². The fourth-order valence-corrected chi connectivity index (χ4v) is 1.36. The van der Waals surface area contributed by atoms with Crippen molar-refractivity contribution in [2.24, 2.45) is 4.99 Å². The van der Waals surface area contributed by atoms with Crippen LogP contribution >= 0.6 is 0 Å². The number of aliphatic imine (C=N–C) groups is 1. The van der Waals surface area contributed by atoms with Crippen LogP contribution in [0, 0.1) is 0 Å². The van der Waals surface area contributed by atoms with E-state index in [1.165, 1.54) is 0 Å². The van der Waals surface area contributed by atoms with Gasteiger partial charge in [-0.2, -0.15) is 0 Å². The van der Waals surface area contributed by atoms with Crippen molar-refractivity contribution in [2.75, 3.05) is 5.32 Å². The fourth-order valence-electron chi connectivity index (χ4n) is 1.36. The lowest BCUT2D eigenvalue weighted by Gasteiger charge is -1.97. The van der Waals surface area contributed by atoms with Gasteiger partial charge in [0, 0.05) is 18.1 Å². The van der Waals surface area contributed by atoms with Gasteiger partial charge in [-0.05, 0) is 30.3 Å². The molecule has 0 unspecified atom stereocenters. The van der Waals surface area contributed by atoms with E-state index < -0.39 is 0 Å². The molecular formula is C15H14ClN2-. The number of rotatable bonds is 4. The third-order valence-corrected chi connectivity index (χ3v) is 2.19. The predicted octanol–water partition coefficient (Wildman–Crippen LogP) is 1.02. The second kappa shape index (κ2) is 8.09. The minimum Gasteiger partial charge on any atom is -1.00 e. The van der Waals surface area contributed by atoms with Gasteiger partial charge >= 0.3 is 0 Å². The summed E-state index contributed by atoms with van der Waals surface area (Å²) in [6.45, 7) is 0. The van der Waals surface area contributed by atoms with Gasteiger partial charge in [0.25, 0.3) is 0 Å². The first-order valence-electron chi connectivity index (χ1n) is 5.51. The molecule has 2 aromatic rings. The number of halogens is 1. The lowest BCUT2D eigenvalue weighted by Crippen LogP contribution is -3.00. The first kappa shape index (κ1) is 14.0. The Labute approximate surface area is 113 Å². The van der Waals surface area contributed by atoms with Crippen molar-refractivity contribution in [2.45, 2.75) is 0 Å². The summed E-state index contributed by atoms with van der Waals surface area (Å²) in [4.78, 5) is 4.29. The van der Waals surface area contributed by atoms with Crippen LogP contribution in [-0.2, 0) is 0 Å². The SMILES string of the molecule is C(/C=C/Nc1ccccc1)=Nc1ccccc1.[Cl-]. The second-order valence-electron chi connectivity index (χ2n) is 3.48. The van der Waals surface area contributed by atoms with E-state index in [0.717, 1.165) is 11.4 Å². The molecule has 0 bridgehead atoms. The molecule has 0 aliphatic heterocycles. The molecule has 2 nitrogen and oxygen atoms in total. The summed E-state index contributed by atoms with van der Waals surface area (Å²) in [5, 5.41) is 3.16. The average Bonchev–Trinajstić information content (AvgIpc) is 2.41. The number of allylic oxidation sites excluding steroid dienone is 1. The number of anilines is 1. The molecule has 1 N–H and O–H groups in total. The van der Waals surface area contributed by atoms with Crippen molar-refractivity contribution < 1.29 is 12.4 Å². The van der Waals surface area contributed by atoms with E-state index in [9.17, 15) is 0 Å². The largest absolute Gasteiger partial charge is 1.00 e. The van der Waals surface area contributed by atoms with Crippen LogP contribution in [0.5, 0.6) is 0 Å². The third-order valence-electron chi connectivity index (χ3n) is 2.19. The summed E-state index contributed by atoms with van der Waals surface area (Å²) in [5.74, 6) is 0. The Morgan fingerprint density at radius 2 is 1.44 bits per heavy atom. The Hall–Kier alpha value is -2.06. The Bertz CT molecular complexity index is 492. The van der Waals surface area contributed by atoms with Crippen LogP contribution in [0.25, 0.3) is 0 Å². The monoisotopic (exact) mass is 257 g/mol. The van der Waals surface area contributed by atoms with Gasteiger partial charge in [-0.25, -0.2) is 0 Å². The lowest BCUT2D eigenvalue weighted by atomic mass is 10.3. The standard InChI is InChI=1S/C15H14N2.ClH/c1-3-8-14(9-4-1)16-12-7-13-17-15-10-5-2-6-11-15;/h1-13,16H;1H/p-1/b12-7+,17-13?;. The highest BCUT2D eigenvalue weighted by atomic mass is 35.5. The minimum absolute atomic E-state index is 0. The van der Waals surface area contributed by atoms with Crippen molar-refractivity contribution >= 4 is 17.6 Å². The Morgan fingerprint density at radius 1 is 0.833 bits per heavy atom. The maximum Gasteiger partial charge on any atom is 0.0629 e. The first-order chi connectivity index (χ1) is 8.45. The topological polar surface area (TPSA) is 24.4 Å². The van der Waals surface area contributed by atoms with Crippen molar-refractivity contribution in [3.63, 3.8) is 0 Å². The Kier molecular flexibility index (Phi) is 6.30. The molecule has 92 valence electrons. The predicted molar refractivity (Wildman–Crippen MR) is 73.8 cm³/mol. The zero-order valence-corrected chi connectivity index (χ0v) is 10.6. The number of nitrogens with zero attached hydrogens (tertiary/aromatic N) is 1. The molecule has 0 saturated carbocycles. The number of nitrogens with one attached hydrogen (secondary N) is 1. The van der Waals surface area contributed by atoms with Gasteiger partial charge in [0.15, 0.2) is 0 Å². The average molecular weight is 258 g/mol. The molecule has 0 fully saturated rings. The van der Waals surface area contributed by atoms with Gasteiger partial charge in [-0.3, -0.25) is 4.99 Å². The van der Waals surface area contributed by atoms with Crippen molar-refractivity contribution in [3.8, 4) is 0 Å². The van der Waals surface area contributed by atoms with Crippen LogP contribution in [0.15, 0.2) is 77.9 Å². The van der Waals surface area contributed by atoms with E-state index in [4.69, 9.17) is 0 Å². The quantitative estimate of drug-likeness (QED) is 0.813. The molecule has 2 aromatic carbocycles. The molecule has 0 aromatic heterocycles. The van der Waals surface area contributed by atoms with E-state index >= 15 is 0 Å². The normalized spacial score (nSPS) is 10.4. The maximum atomic E-state index is 4.29. The molecule has 0 atom stereocenters. The highest BCUT2D eigenvalue weighted by Crippen LogP contribution is 2.08. The van der Waals surface area contributed by atoms with Gasteiger partial charge in [-0.15, -0.1) is 0 Å². The molecule has 3 heteroatoms. The van der Waals surface area contributed by atoms with E-state index in [0.29, 0.717) is 0 Å². The summed E-state index contributed by atoms with van der Waals surface area (Å²) < 4.78 is 0. The van der Waals surface area contributed by atoms with Gasteiger partial charge in [0.1, 0.15) is 0 Å². The zero-order valence-electron chi connectivity index (χ0n) is 9.83. The highest BCUT2D eigenvalue weighted by Gasteiger charge is 1.83. The van der Waals surface area contributed by atoms with E-state index in [1.54, 1.807) is 6.21 Å². The van der Waals surface area contributed by atoms with Crippen molar-refractivity contribution in [3.05, 3.63) is 72.9 Å². The highest BCUT2D eigenvalue weighted by molar-refractivity contribution is 5.74. The number of benzene rings is 2. The number of hydrogen-bond donors (Lipinski definition) is 1. The van der Waals surface area contributed by atoms with Gasteiger partial charge in [0.05, 0.1) is 5.69 Å². The van der Waals surface area contributed by atoms with Crippen LogP contribution < -0.4 is 17.7 Å². The lowest BCUT2D eigenvalue weighted by molar-refractivity contribution is -0.00000335. The molecule has 0 amide bonds. The molecule has 0 saturated heterocycles. The zero-order chi connectivity index (χ0) is 11.8. The molecule has 2 rings (SSSR count). The molecular weight excluding hydrogens is 244 g/mol. The number of hydrogen-bond acceptors (Lipinski definition) is 2. The summed E-state index contributed by atoms with van der Waals surface area (Å²) in [6.07, 6.45) is 5.51. The third kappa shape index (κ3) is 4.85. The van der Waals surface area contributed by atoms with E-state index in [-0.39, 0.29) is 12.4 Å². The summed E-state index contributed by atoms with van der Waals surface area (Å²) >= 11 is 0. The first-order valence-corrected chi connectivity index (χ1v) is 5.51. The summed E-state index contributed by atoms with van der Waals surface area (Å²) in [7, 11) is 0. The summed E-state index contributed by atoms with van der Waals surface area (Å²) in [6, 6.07) is 19.9. The molecule has 0 radical (unpaired) electrons. The molecule has 0 aliphatic carbocycles.